The number of hydrogen-bond donors (Lipinski definition) is 2. The van der Waals surface area contributed by atoms with E-state index in [1.807, 2.05) is 25.1 Å². The van der Waals surface area contributed by atoms with Crippen LogP contribution in [0.2, 0.25) is 0 Å². The Morgan fingerprint density at radius 3 is 2.94 bits per heavy atom. The van der Waals surface area contributed by atoms with E-state index in [0.29, 0.717) is 18.7 Å². The van der Waals surface area contributed by atoms with Gasteiger partial charge in [0.05, 0.1) is 12.2 Å². The van der Waals surface area contributed by atoms with Crippen LogP contribution in [0.5, 0.6) is 0 Å². The minimum atomic E-state index is -0.262. The molecule has 4 nitrogen and oxygen atoms in total. The van der Waals surface area contributed by atoms with Gasteiger partial charge in [0, 0.05) is 12.2 Å². The largest absolute Gasteiger partial charge is 0.462 e. The first-order chi connectivity index (χ1) is 8.77. The maximum absolute atomic E-state index is 11.7. The molecule has 1 aromatic rings. The molecule has 0 aliphatic carbocycles. The number of nitrogens with two attached hydrogens (primary N) is 1. The summed E-state index contributed by atoms with van der Waals surface area (Å²) in [6.07, 6.45) is 2.87. The molecule has 0 aliphatic rings. The number of unbranched alkanes of at least 4 members (excludes halogenated alkanes) is 1. The van der Waals surface area contributed by atoms with Crippen molar-refractivity contribution in [1.29, 1.82) is 0 Å². The van der Waals surface area contributed by atoms with Crippen LogP contribution in [0.3, 0.4) is 0 Å². The number of carbonyl (C=O) groups excluding carboxylic acids is 1. The third kappa shape index (κ3) is 5.19. The molecular weight excluding hydrogens is 228 g/mol. The molecular formula is C14H22N2O2. The number of anilines is 1. The second-order valence-electron chi connectivity index (χ2n) is 4.14. The van der Waals surface area contributed by atoms with Crippen LogP contribution in [-0.2, 0) is 4.74 Å². The highest BCUT2D eigenvalue weighted by atomic mass is 16.5. The molecule has 0 radical (unpaired) electrons. The van der Waals surface area contributed by atoms with E-state index in [2.05, 4.69) is 5.32 Å². The van der Waals surface area contributed by atoms with Crippen molar-refractivity contribution in [3.63, 3.8) is 0 Å². The number of rotatable bonds is 8. The maximum Gasteiger partial charge on any atom is 0.338 e. The molecule has 0 fully saturated rings. The first-order valence-electron chi connectivity index (χ1n) is 6.49. The Morgan fingerprint density at radius 1 is 1.39 bits per heavy atom. The van der Waals surface area contributed by atoms with Gasteiger partial charge in [0.2, 0.25) is 0 Å². The van der Waals surface area contributed by atoms with E-state index in [9.17, 15) is 4.79 Å². The Kier molecular flexibility index (Phi) is 6.87. The third-order valence-electron chi connectivity index (χ3n) is 2.50. The molecule has 100 valence electrons. The van der Waals surface area contributed by atoms with Crippen molar-refractivity contribution in [3.05, 3.63) is 29.8 Å². The highest BCUT2D eigenvalue weighted by Crippen LogP contribution is 2.12. The van der Waals surface area contributed by atoms with E-state index in [-0.39, 0.29) is 5.97 Å². The molecule has 0 amide bonds. The lowest BCUT2D eigenvalue weighted by Gasteiger charge is -2.08. The first kappa shape index (κ1) is 14.5. The minimum Gasteiger partial charge on any atom is -0.462 e. The van der Waals surface area contributed by atoms with Crippen molar-refractivity contribution in [2.45, 2.75) is 26.2 Å². The van der Waals surface area contributed by atoms with Crippen LogP contribution in [0.1, 0.15) is 36.5 Å². The zero-order chi connectivity index (χ0) is 13.2. The summed E-state index contributed by atoms with van der Waals surface area (Å²) in [4.78, 5) is 11.7. The summed E-state index contributed by atoms with van der Waals surface area (Å²) in [6, 6.07) is 7.39. The Labute approximate surface area is 109 Å². The van der Waals surface area contributed by atoms with Gasteiger partial charge in [-0.25, -0.2) is 4.79 Å². The van der Waals surface area contributed by atoms with Gasteiger partial charge < -0.3 is 15.8 Å². The predicted molar refractivity (Wildman–Crippen MR) is 73.8 cm³/mol. The molecule has 0 saturated carbocycles. The topological polar surface area (TPSA) is 64.3 Å². The number of benzene rings is 1. The van der Waals surface area contributed by atoms with E-state index in [1.165, 1.54) is 0 Å². The normalized spacial score (nSPS) is 10.1. The molecule has 0 saturated heterocycles. The van der Waals surface area contributed by atoms with Crippen LogP contribution in [0, 0.1) is 0 Å². The van der Waals surface area contributed by atoms with Gasteiger partial charge in [0.25, 0.3) is 0 Å². The molecule has 4 heteroatoms. The van der Waals surface area contributed by atoms with E-state index < -0.39 is 0 Å². The molecule has 3 N–H and O–H groups in total. The molecule has 0 aromatic heterocycles. The van der Waals surface area contributed by atoms with Crippen molar-refractivity contribution in [1.82, 2.24) is 0 Å². The number of esters is 1. The van der Waals surface area contributed by atoms with Gasteiger partial charge >= 0.3 is 5.97 Å². The average Bonchev–Trinajstić information content (AvgIpc) is 2.41. The molecule has 0 atom stereocenters. The maximum atomic E-state index is 11.7. The standard InChI is InChI=1S/C14H22N2O2/c1-2-10-18-14(17)12-6-5-7-13(11-12)16-9-4-3-8-15/h5-7,11,16H,2-4,8-10,15H2,1H3. The smallest absolute Gasteiger partial charge is 0.338 e. The summed E-state index contributed by atoms with van der Waals surface area (Å²) in [5.41, 5.74) is 6.96. The molecule has 0 bridgehead atoms. The van der Waals surface area contributed by atoms with Gasteiger partial charge in [-0.1, -0.05) is 13.0 Å². The van der Waals surface area contributed by atoms with Crippen LogP contribution in [0.25, 0.3) is 0 Å². The van der Waals surface area contributed by atoms with E-state index in [4.69, 9.17) is 10.5 Å². The molecule has 0 unspecified atom stereocenters. The molecule has 0 aliphatic heterocycles. The molecule has 1 rings (SSSR count). The molecule has 18 heavy (non-hydrogen) atoms. The Bertz CT molecular complexity index is 367. The lowest BCUT2D eigenvalue weighted by atomic mass is 10.2. The quantitative estimate of drug-likeness (QED) is 0.549. The van der Waals surface area contributed by atoms with Gasteiger partial charge in [0.15, 0.2) is 0 Å². The van der Waals surface area contributed by atoms with E-state index in [0.717, 1.165) is 31.5 Å². The average molecular weight is 250 g/mol. The fraction of sp³-hybridized carbons (Fsp3) is 0.500. The number of hydrogen-bond acceptors (Lipinski definition) is 4. The van der Waals surface area contributed by atoms with Crippen LogP contribution in [0.4, 0.5) is 5.69 Å². The monoisotopic (exact) mass is 250 g/mol. The SMILES string of the molecule is CCCOC(=O)c1cccc(NCCCCN)c1. The summed E-state index contributed by atoms with van der Waals surface area (Å²) in [5, 5.41) is 3.27. The summed E-state index contributed by atoms with van der Waals surface area (Å²) in [5.74, 6) is -0.262. The first-order valence-corrected chi connectivity index (χ1v) is 6.49. The lowest BCUT2D eigenvalue weighted by Crippen LogP contribution is -2.08. The van der Waals surface area contributed by atoms with Crippen LogP contribution >= 0.6 is 0 Å². The Morgan fingerprint density at radius 2 is 2.22 bits per heavy atom. The zero-order valence-electron chi connectivity index (χ0n) is 10.9. The van der Waals surface area contributed by atoms with Gasteiger partial charge in [-0.2, -0.15) is 0 Å². The van der Waals surface area contributed by atoms with Gasteiger partial charge in [-0.3, -0.25) is 0 Å². The van der Waals surface area contributed by atoms with Gasteiger partial charge in [-0.15, -0.1) is 0 Å². The Hall–Kier alpha value is -1.55. The van der Waals surface area contributed by atoms with Crippen LogP contribution in [0.15, 0.2) is 24.3 Å². The lowest BCUT2D eigenvalue weighted by molar-refractivity contribution is 0.0505. The van der Waals surface area contributed by atoms with Gasteiger partial charge in [-0.05, 0) is 44.0 Å². The number of ether oxygens (including phenoxy) is 1. The fourth-order valence-corrected chi connectivity index (χ4v) is 1.54. The third-order valence-corrected chi connectivity index (χ3v) is 2.50. The van der Waals surface area contributed by atoms with Crippen molar-refractivity contribution in [2.24, 2.45) is 5.73 Å². The van der Waals surface area contributed by atoms with Crippen molar-refractivity contribution >= 4 is 11.7 Å². The highest BCUT2D eigenvalue weighted by molar-refractivity contribution is 5.90. The predicted octanol–water partition coefficient (Wildman–Crippen LogP) is 2.40. The van der Waals surface area contributed by atoms with Crippen molar-refractivity contribution < 1.29 is 9.53 Å². The Balaban J connectivity index is 2.48. The van der Waals surface area contributed by atoms with Crippen molar-refractivity contribution in [2.75, 3.05) is 25.0 Å². The summed E-state index contributed by atoms with van der Waals surface area (Å²) < 4.78 is 5.09. The van der Waals surface area contributed by atoms with Crippen LogP contribution < -0.4 is 11.1 Å². The fourth-order valence-electron chi connectivity index (χ4n) is 1.54. The number of carbonyl (C=O) groups is 1. The molecule has 0 heterocycles. The van der Waals surface area contributed by atoms with E-state index in [1.54, 1.807) is 6.07 Å². The van der Waals surface area contributed by atoms with Gasteiger partial charge in [0.1, 0.15) is 0 Å². The summed E-state index contributed by atoms with van der Waals surface area (Å²) >= 11 is 0. The van der Waals surface area contributed by atoms with Crippen LogP contribution in [-0.4, -0.2) is 25.7 Å². The summed E-state index contributed by atoms with van der Waals surface area (Å²) in [6.45, 7) is 4.02. The second kappa shape index (κ2) is 8.53. The van der Waals surface area contributed by atoms with Crippen molar-refractivity contribution in [3.8, 4) is 0 Å². The second-order valence-corrected chi connectivity index (χ2v) is 4.14. The van der Waals surface area contributed by atoms with E-state index >= 15 is 0 Å². The summed E-state index contributed by atoms with van der Waals surface area (Å²) in [7, 11) is 0. The number of nitrogens with one attached hydrogen (secondary N) is 1. The molecule has 0 spiro atoms. The molecule has 1 aromatic carbocycles. The zero-order valence-corrected chi connectivity index (χ0v) is 10.9. The minimum absolute atomic E-state index is 0.262. The highest BCUT2D eigenvalue weighted by Gasteiger charge is 2.06.